The highest BCUT2D eigenvalue weighted by Crippen LogP contribution is 2.44. The molecule has 1 heterocycles. The molecule has 1 aliphatic rings. The van der Waals surface area contributed by atoms with Crippen LogP contribution in [0.25, 0.3) is 11.1 Å². The van der Waals surface area contributed by atoms with Gasteiger partial charge in [0.1, 0.15) is 23.2 Å². The number of halogens is 1. The number of hydrogen-bond donors (Lipinski definition) is 2. The van der Waals surface area contributed by atoms with Gasteiger partial charge < -0.3 is 29.4 Å². The van der Waals surface area contributed by atoms with Gasteiger partial charge in [0.2, 0.25) is 0 Å². The zero-order valence-electron chi connectivity index (χ0n) is 18.4. The number of methoxy groups -OCH3 is 3. The van der Waals surface area contributed by atoms with Crippen molar-refractivity contribution >= 4 is 11.6 Å². The van der Waals surface area contributed by atoms with Crippen LogP contribution in [0.2, 0.25) is 5.02 Å². The van der Waals surface area contributed by atoms with Gasteiger partial charge in [0, 0.05) is 43.5 Å². The van der Waals surface area contributed by atoms with E-state index in [9.17, 15) is 5.11 Å². The van der Waals surface area contributed by atoms with Crippen LogP contribution in [-0.4, -0.2) is 58.8 Å². The lowest BCUT2D eigenvalue weighted by Gasteiger charge is -2.40. The molecule has 0 saturated carbocycles. The minimum atomic E-state index is -1.22. The van der Waals surface area contributed by atoms with Crippen LogP contribution in [0.15, 0.2) is 36.4 Å². The zero-order chi connectivity index (χ0) is 22.3. The number of rotatable bonds is 10. The Morgan fingerprint density at radius 2 is 1.87 bits per heavy atom. The van der Waals surface area contributed by atoms with Crippen LogP contribution < -0.4 is 14.8 Å². The summed E-state index contributed by atoms with van der Waals surface area (Å²) in [7, 11) is 4.91. The second-order valence-electron chi connectivity index (χ2n) is 7.70. The number of aliphatic hydroxyl groups is 1. The van der Waals surface area contributed by atoms with Gasteiger partial charge in [0.15, 0.2) is 0 Å². The van der Waals surface area contributed by atoms with Gasteiger partial charge >= 0.3 is 0 Å². The number of nitrogens with one attached hydrogen (secondary N) is 1. The molecule has 0 aliphatic carbocycles. The van der Waals surface area contributed by atoms with E-state index in [0.717, 1.165) is 36.1 Å². The molecule has 2 atom stereocenters. The molecule has 3 rings (SSSR count). The molecule has 2 N–H and O–H groups in total. The summed E-state index contributed by atoms with van der Waals surface area (Å²) < 4.78 is 22.2. The van der Waals surface area contributed by atoms with Crippen molar-refractivity contribution in [3.8, 4) is 22.6 Å². The topological polar surface area (TPSA) is 69.2 Å². The van der Waals surface area contributed by atoms with Crippen molar-refractivity contribution in [2.45, 2.75) is 31.0 Å². The molecule has 6 nitrogen and oxygen atoms in total. The first-order chi connectivity index (χ1) is 15.0. The number of ether oxygens (including phenoxy) is 4. The largest absolute Gasteiger partial charge is 0.497 e. The summed E-state index contributed by atoms with van der Waals surface area (Å²) in [5, 5.41) is 16.0. The average molecular weight is 450 g/mol. The molecule has 1 aliphatic heterocycles. The van der Waals surface area contributed by atoms with Crippen molar-refractivity contribution in [3.63, 3.8) is 0 Å². The van der Waals surface area contributed by atoms with E-state index < -0.39 is 11.7 Å². The molecular weight excluding hydrogens is 418 g/mol. The van der Waals surface area contributed by atoms with Gasteiger partial charge in [0.25, 0.3) is 0 Å². The van der Waals surface area contributed by atoms with Crippen LogP contribution in [0.5, 0.6) is 11.5 Å². The quantitative estimate of drug-likeness (QED) is 0.534. The first-order valence-electron chi connectivity index (χ1n) is 10.6. The van der Waals surface area contributed by atoms with Gasteiger partial charge in [0.05, 0.1) is 20.8 Å². The van der Waals surface area contributed by atoms with Crippen molar-refractivity contribution in [1.29, 1.82) is 0 Å². The van der Waals surface area contributed by atoms with E-state index in [-0.39, 0.29) is 0 Å². The smallest absolute Gasteiger partial charge is 0.123 e. The standard InChI is InChI=1S/C24H32ClNO5/c1-28-11-5-4-9-24(27,22-16-26-10-12-31-22)20-7-6-8-21(25)23(20)17-13-18(29-2)15-19(14-17)30-3/h6-8,13-15,22,26-27H,4-5,9-12,16H2,1-3H3/t22-,24?/m1/s1. The number of benzene rings is 2. The molecule has 31 heavy (non-hydrogen) atoms. The van der Waals surface area contributed by atoms with Gasteiger partial charge in [-0.25, -0.2) is 0 Å². The normalized spacial score (nSPS) is 18.4. The van der Waals surface area contributed by atoms with Gasteiger partial charge in [-0.05, 0) is 48.6 Å². The number of morpholine rings is 1. The van der Waals surface area contributed by atoms with Crippen molar-refractivity contribution in [2.24, 2.45) is 0 Å². The predicted octanol–water partition coefficient (Wildman–Crippen LogP) is 4.02. The van der Waals surface area contributed by atoms with Crippen molar-refractivity contribution < 1.29 is 24.1 Å². The first kappa shape index (κ1) is 23.8. The van der Waals surface area contributed by atoms with E-state index in [1.54, 1.807) is 21.3 Å². The lowest BCUT2D eigenvalue weighted by Crippen LogP contribution is -2.51. The van der Waals surface area contributed by atoms with E-state index in [1.165, 1.54) is 0 Å². The van der Waals surface area contributed by atoms with Crippen LogP contribution in [0.1, 0.15) is 24.8 Å². The third-order valence-electron chi connectivity index (χ3n) is 5.74. The van der Waals surface area contributed by atoms with E-state index in [0.29, 0.717) is 42.7 Å². The summed E-state index contributed by atoms with van der Waals surface area (Å²) in [5.74, 6) is 1.30. The molecule has 2 aromatic carbocycles. The van der Waals surface area contributed by atoms with Crippen molar-refractivity contribution in [2.75, 3.05) is 47.6 Å². The molecule has 1 saturated heterocycles. The Morgan fingerprint density at radius 3 is 2.48 bits per heavy atom. The highest BCUT2D eigenvalue weighted by molar-refractivity contribution is 6.33. The summed E-state index contributed by atoms with van der Waals surface area (Å²) in [5.41, 5.74) is 1.08. The SMILES string of the molecule is COCCCCC(O)(c1cccc(Cl)c1-c1cc(OC)cc(OC)c1)[C@H]1CNCCO1. The molecule has 0 aromatic heterocycles. The van der Waals surface area contributed by atoms with Crippen LogP contribution in [-0.2, 0) is 15.1 Å². The highest BCUT2D eigenvalue weighted by atomic mass is 35.5. The summed E-state index contributed by atoms with van der Waals surface area (Å²) in [4.78, 5) is 0. The third kappa shape index (κ3) is 5.51. The van der Waals surface area contributed by atoms with Gasteiger partial charge in [-0.15, -0.1) is 0 Å². The number of hydrogen-bond acceptors (Lipinski definition) is 6. The van der Waals surface area contributed by atoms with Crippen LogP contribution in [0.3, 0.4) is 0 Å². The van der Waals surface area contributed by atoms with E-state index in [4.69, 9.17) is 30.5 Å². The Bertz CT molecular complexity index is 834. The molecule has 1 unspecified atom stereocenters. The van der Waals surface area contributed by atoms with Crippen LogP contribution in [0, 0.1) is 0 Å². The maximum absolute atomic E-state index is 12.1. The molecule has 7 heteroatoms. The monoisotopic (exact) mass is 449 g/mol. The maximum atomic E-state index is 12.1. The fraction of sp³-hybridized carbons (Fsp3) is 0.500. The number of unbranched alkanes of at least 4 members (excludes halogenated alkanes) is 1. The minimum absolute atomic E-state index is 0.395. The molecule has 0 amide bonds. The summed E-state index contributed by atoms with van der Waals surface area (Å²) in [6.45, 7) is 2.53. The molecular formula is C24H32ClNO5. The van der Waals surface area contributed by atoms with Crippen LogP contribution in [0.4, 0.5) is 0 Å². The summed E-state index contributed by atoms with van der Waals surface area (Å²) in [6.07, 6.45) is 1.77. The molecule has 1 fully saturated rings. The Balaban J connectivity index is 2.11. The summed E-state index contributed by atoms with van der Waals surface area (Å²) in [6, 6.07) is 11.2. The minimum Gasteiger partial charge on any atom is -0.497 e. The highest BCUT2D eigenvalue weighted by Gasteiger charge is 2.42. The molecule has 0 bridgehead atoms. The first-order valence-corrected chi connectivity index (χ1v) is 11.0. The van der Waals surface area contributed by atoms with Gasteiger partial charge in [-0.2, -0.15) is 0 Å². The van der Waals surface area contributed by atoms with Gasteiger partial charge in [-0.1, -0.05) is 23.7 Å². The third-order valence-corrected chi connectivity index (χ3v) is 6.05. The fourth-order valence-electron chi connectivity index (χ4n) is 4.11. The summed E-state index contributed by atoms with van der Waals surface area (Å²) >= 11 is 6.71. The fourth-order valence-corrected chi connectivity index (χ4v) is 4.40. The van der Waals surface area contributed by atoms with Crippen molar-refractivity contribution in [3.05, 3.63) is 47.0 Å². The lowest BCUT2D eigenvalue weighted by molar-refractivity contribution is -0.129. The zero-order valence-corrected chi connectivity index (χ0v) is 19.2. The molecule has 0 radical (unpaired) electrons. The predicted molar refractivity (Wildman–Crippen MR) is 122 cm³/mol. The van der Waals surface area contributed by atoms with Crippen molar-refractivity contribution in [1.82, 2.24) is 5.32 Å². The lowest BCUT2D eigenvalue weighted by atomic mass is 9.79. The van der Waals surface area contributed by atoms with E-state index in [1.807, 2.05) is 36.4 Å². The Labute approximate surface area is 189 Å². The second kappa shape index (κ2) is 11.2. The van der Waals surface area contributed by atoms with Gasteiger partial charge in [-0.3, -0.25) is 0 Å². The molecule has 170 valence electrons. The van der Waals surface area contributed by atoms with E-state index in [2.05, 4.69) is 5.32 Å². The average Bonchev–Trinajstić information content (AvgIpc) is 2.81. The van der Waals surface area contributed by atoms with Crippen LogP contribution >= 0.6 is 11.6 Å². The van der Waals surface area contributed by atoms with E-state index >= 15 is 0 Å². The molecule has 2 aromatic rings. The molecule has 0 spiro atoms. The second-order valence-corrected chi connectivity index (χ2v) is 8.11. The Kier molecular flexibility index (Phi) is 8.58. The maximum Gasteiger partial charge on any atom is 0.123 e. The Morgan fingerprint density at radius 1 is 1.13 bits per heavy atom. The Hall–Kier alpha value is -1.83.